The molecule has 1 saturated heterocycles. The molecule has 0 amide bonds. The first-order valence-electron chi connectivity index (χ1n) is 6.69. The van der Waals surface area contributed by atoms with Crippen molar-refractivity contribution in [2.24, 2.45) is 11.7 Å². The molecule has 1 aliphatic heterocycles. The minimum atomic E-state index is 0.0316. The maximum Gasteiger partial charge on any atom is 0.0659 e. The average Bonchev–Trinajstić information content (AvgIpc) is 2.36. The third-order valence-corrected chi connectivity index (χ3v) is 3.92. The average molecular weight is 228 g/mol. The molecule has 1 aliphatic rings. The Morgan fingerprint density at radius 3 is 2.75 bits per heavy atom. The Labute approximate surface area is 100 Å². The molecule has 0 spiro atoms. The highest BCUT2D eigenvalue weighted by Gasteiger charge is 2.33. The van der Waals surface area contributed by atoms with Gasteiger partial charge >= 0.3 is 0 Å². The summed E-state index contributed by atoms with van der Waals surface area (Å²) in [5.74, 6) is 0.848. The van der Waals surface area contributed by atoms with Gasteiger partial charge in [-0.3, -0.25) is 4.90 Å². The van der Waals surface area contributed by atoms with Crippen molar-refractivity contribution < 1.29 is 4.74 Å². The molecule has 2 atom stereocenters. The maximum atomic E-state index is 5.94. The fraction of sp³-hybridized carbons (Fsp3) is 1.00. The molecular formula is C13H28N2O. The molecule has 2 unspecified atom stereocenters. The van der Waals surface area contributed by atoms with Crippen LogP contribution in [0.15, 0.2) is 0 Å². The Balaban J connectivity index is 2.56. The van der Waals surface area contributed by atoms with Gasteiger partial charge in [0.15, 0.2) is 0 Å². The second kappa shape index (κ2) is 6.58. The Morgan fingerprint density at radius 1 is 1.44 bits per heavy atom. The Bertz CT molecular complexity index is 198. The quantitative estimate of drug-likeness (QED) is 0.754. The minimum absolute atomic E-state index is 0.0316. The molecule has 16 heavy (non-hydrogen) atoms. The first-order chi connectivity index (χ1) is 7.66. The van der Waals surface area contributed by atoms with Crippen molar-refractivity contribution in [3.63, 3.8) is 0 Å². The number of likely N-dealkylation sites (tertiary alicyclic amines) is 1. The highest BCUT2D eigenvalue weighted by atomic mass is 16.5. The van der Waals surface area contributed by atoms with Gasteiger partial charge in [-0.25, -0.2) is 0 Å². The lowest BCUT2D eigenvalue weighted by Gasteiger charge is -2.44. The summed E-state index contributed by atoms with van der Waals surface area (Å²) in [6.07, 6.45) is 3.97. The van der Waals surface area contributed by atoms with Crippen LogP contribution in [-0.2, 0) is 4.74 Å². The second-order valence-corrected chi connectivity index (χ2v) is 5.20. The highest BCUT2D eigenvalue weighted by Crippen LogP contribution is 2.25. The van der Waals surface area contributed by atoms with Crippen LogP contribution in [0.5, 0.6) is 0 Å². The number of piperidine rings is 1. The summed E-state index contributed by atoms with van der Waals surface area (Å²) in [6.45, 7) is 11.2. The van der Waals surface area contributed by atoms with E-state index in [1.165, 1.54) is 32.4 Å². The normalized spacial score (nSPS) is 26.6. The Morgan fingerprint density at radius 2 is 2.19 bits per heavy atom. The summed E-state index contributed by atoms with van der Waals surface area (Å²) in [5.41, 5.74) is 5.98. The van der Waals surface area contributed by atoms with Crippen molar-refractivity contribution in [1.82, 2.24) is 4.90 Å². The predicted molar refractivity (Wildman–Crippen MR) is 68.5 cm³/mol. The topological polar surface area (TPSA) is 38.5 Å². The Hall–Kier alpha value is -0.120. The van der Waals surface area contributed by atoms with Gasteiger partial charge in [0.2, 0.25) is 0 Å². The molecule has 0 aromatic carbocycles. The zero-order valence-electron chi connectivity index (χ0n) is 11.2. The first-order valence-corrected chi connectivity index (χ1v) is 6.69. The molecule has 96 valence electrons. The maximum absolute atomic E-state index is 5.94. The minimum Gasteiger partial charge on any atom is -0.380 e. The fourth-order valence-electron chi connectivity index (χ4n) is 2.49. The summed E-state index contributed by atoms with van der Waals surface area (Å²) in [4.78, 5) is 2.54. The van der Waals surface area contributed by atoms with Crippen LogP contribution in [0, 0.1) is 5.92 Å². The molecule has 0 aromatic rings. The molecule has 0 aromatic heterocycles. The second-order valence-electron chi connectivity index (χ2n) is 5.20. The van der Waals surface area contributed by atoms with Crippen molar-refractivity contribution in [3.05, 3.63) is 0 Å². The van der Waals surface area contributed by atoms with E-state index in [4.69, 9.17) is 10.5 Å². The van der Waals surface area contributed by atoms with Gasteiger partial charge in [0.05, 0.1) is 12.1 Å². The molecule has 0 bridgehead atoms. The first kappa shape index (κ1) is 13.9. The van der Waals surface area contributed by atoms with Gasteiger partial charge in [-0.15, -0.1) is 0 Å². The highest BCUT2D eigenvalue weighted by molar-refractivity contribution is 4.90. The van der Waals surface area contributed by atoms with E-state index in [9.17, 15) is 0 Å². The molecule has 3 heteroatoms. The largest absolute Gasteiger partial charge is 0.380 e. The van der Waals surface area contributed by atoms with Crippen LogP contribution in [0.2, 0.25) is 0 Å². The number of ether oxygens (including phenoxy) is 1. The van der Waals surface area contributed by atoms with Crippen LogP contribution in [0.25, 0.3) is 0 Å². The number of hydrogen-bond acceptors (Lipinski definition) is 3. The van der Waals surface area contributed by atoms with Gasteiger partial charge in [-0.1, -0.05) is 13.3 Å². The summed E-state index contributed by atoms with van der Waals surface area (Å²) in [7, 11) is 0. The molecule has 1 rings (SSSR count). The third-order valence-electron chi connectivity index (χ3n) is 3.92. The molecule has 0 radical (unpaired) electrons. The predicted octanol–water partition coefficient (Wildman–Crippen LogP) is 1.86. The van der Waals surface area contributed by atoms with Crippen molar-refractivity contribution >= 4 is 0 Å². The van der Waals surface area contributed by atoms with Crippen LogP contribution in [0.1, 0.15) is 40.0 Å². The van der Waals surface area contributed by atoms with Crippen LogP contribution < -0.4 is 5.73 Å². The van der Waals surface area contributed by atoms with E-state index in [1.54, 1.807) is 0 Å². The van der Waals surface area contributed by atoms with Crippen molar-refractivity contribution in [2.75, 3.05) is 32.8 Å². The molecule has 3 nitrogen and oxygen atoms in total. The lowest BCUT2D eigenvalue weighted by atomic mass is 9.90. The van der Waals surface area contributed by atoms with E-state index in [2.05, 4.69) is 18.7 Å². The van der Waals surface area contributed by atoms with E-state index in [1.807, 2.05) is 6.92 Å². The molecular weight excluding hydrogens is 200 g/mol. The summed E-state index contributed by atoms with van der Waals surface area (Å²) in [6, 6.07) is 0. The van der Waals surface area contributed by atoms with Gasteiger partial charge in [0.25, 0.3) is 0 Å². The van der Waals surface area contributed by atoms with Gasteiger partial charge in [-0.05, 0) is 39.2 Å². The monoisotopic (exact) mass is 228 g/mol. The van der Waals surface area contributed by atoms with Gasteiger partial charge in [0, 0.05) is 19.7 Å². The van der Waals surface area contributed by atoms with Gasteiger partial charge in [-0.2, -0.15) is 0 Å². The van der Waals surface area contributed by atoms with E-state index in [0.29, 0.717) is 6.54 Å². The molecule has 1 fully saturated rings. The van der Waals surface area contributed by atoms with Crippen LogP contribution in [0.4, 0.5) is 0 Å². The van der Waals surface area contributed by atoms with E-state index < -0.39 is 0 Å². The van der Waals surface area contributed by atoms with Crippen molar-refractivity contribution in [2.45, 2.75) is 45.6 Å². The standard InChI is InChI=1S/C13H28N2O/c1-4-12-7-6-8-15(9-12)13(3,10-14)11-16-5-2/h12H,4-11,14H2,1-3H3. The molecule has 1 heterocycles. The lowest BCUT2D eigenvalue weighted by Crippen LogP contribution is -2.57. The van der Waals surface area contributed by atoms with Crippen molar-refractivity contribution in [3.8, 4) is 0 Å². The molecule has 2 N–H and O–H groups in total. The molecule has 0 saturated carbocycles. The smallest absolute Gasteiger partial charge is 0.0659 e. The summed E-state index contributed by atoms with van der Waals surface area (Å²) < 4.78 is 5.59. The van der Waals surface area contributed by atoms with Crippen LogP contribution >= 0.6 is 0 Å². The van der Waals surface area contributed by atoms with Crippen molar-refractivity contribution in [1.29, 1.82) is 0 Å². The number of nitrogens with zero attached hydrogens (tertiary/aromatic N) is 1. The van der Waals surface area contributed by atoms with Crippen LogP contribution in [0.3, 0.4) is 0 Å². The zero-order chi connectivity index (χ0) is 12.0. The molecule has 0 aliphatic carbocycles. The van der Waals surface area contributed by atoms with Gasteiger partial charge < -0.3 is 10.5 Å². The van der Waals surface area contributed by atoms with Crippen LogP contribution in [-0.4, -0.2) is 43.3 Å². The third kappa shape index (κ3) is 3.44. The summed E-state index contributed by atoms with van der Waals surface area (Å²) >= 11 is 0. The van der Waals surface area contributed by atoms with E-state index in [0.717, 1.165) is 19.1 Å². The number of nitrogens with two attached hydrogens (primary N) is 1. The Kier molecular flexibility index (Phi) is 5.73. The fourth-order valence-corrected chi connectivity index (χ4v) is 2.49. The number of hydrogen-bond donors (Lipinski definition) is 1. The summed E-state index contributed by atoms with van der Waals surface area (Å²) in [5, 5.41) is 0. The van der Waals surface area contributed by atoms with E-state index in [-0.39, 0.29) is 5.54 Å². The SMILES string of the molecule is CCOCC(C)(CN)N1CCCC(CC)C1. The zero-order valence-corrected chi connectivity index (χ0v) is 11.2. The van der Waals surface area contributed by atoms with Gasteiger partial charge in [0.1, 0.15) is 0 Å². The van der Waals surface area contributed by atoms with E-state index >= 15 is 0 Å². The number of rotatable bonds is 6. The lowest BCUT2D eigenvalue weighted by molar-refractivity contribution is -0.0114.